The van der Waals surface area contributed by atoms with Crippen molar-refractivity contribution in [3.8, 4) is 22.9 Å². The van der Waals surface area contributed by atoms with Gasteiger partial charge < -0.3 is 10.2 Å². The third-order valence-electron chi connectivity index (χ3n) is 5.13. The smallest absolute Gasteiger partial charge is 0.871 e. The predicted molar refractivity (Wildman–Crippen MR) is 158 cm³/mol. The molecule has 1 N–H and O–H groups in total. The summed E-state index contributed by atoms with van der Waals surface area (Å²) in [5.74, 6) is 0.956. The zero-order valence-electron chi connectivity index (χ0n) is 24.7. The number of hydrogen-bond donors (Lipinski definition) is 1. The van der Waals surface area contributed by atoms with E-state index in [0.29, 0.717) is 11.6 Å². The van der Waals surface area contributed by atoms with Gasteiger partial charge in [-0.05, 0) is 66.7 Å². The van der Waals surface area contributed by atoms with Crippen LogP contribution in [0.25, 0.3) is 11.4 Å². The number of rotatable bonds is 5. The van der Waals surface area contributed by atoms with E-state index in [1.54, 1.807) is 24.5 Å². The van der Waals surface area contributed by atoms with Gasteiger partial charge in [0, 0.05) is 24.8 Å². The molecule has 0 radical (unpaired) electrons. The Kier molecular flexibility index (Phi) is 17.3. The minimum absolute atomic E-state index is 0. The van der Waals surface area contributed by atoms with Gasteiger partial charge in [-0.25, -0.2) is 28.6 Å². The molecule has 4 heterocycles. The molecule has 2 aromatic carbocycles. The molecule has 14 nitrogen and oxygen atoms in total. The monoisotopic (exact) mass is 844 g/mol. The molecular weight excluding hydrogens is 818 g/mol. The van der Waals surface area contributed by atoms with E-state index in [0.717, 1.165) is 11.4 Å². The number of pyridine rings is 4. The summed E-state index contributed by atoms with van der Waals surface area (Å²) in [5.41, 5.74) is 2.06. The third kappa shape index (κ3) is 16.3. The summed E-state index contributed by atoms with van der Waals surface area (Å²) in [5, 5.41) is 36.9. The molecule has 0 aliphatic carbocycles. The molecule has 0 aliphatic heterocycles. The molecule has 0 amide bonds. The molecule has 0 unspecified atom stereocenters. The maximum absolute atomic E-state index is 11.4. The number of azo groups is 2. The molecule has 244 valence electrons. The molecule has 0 fully saturated rings. The number of hydrogen-bond acceptors (Lipinski definition) is 14. The molecule has 0 saturated heterocycles. The van der Waals surface area contributed by atoms with E-state index in [1.807, 2.05) is 97.1 Å². The first-order chi connectivity index (χ1) is 22.7. The van der Waals surface area contributed by atoms with Crippen molar-refractivity contribution >= 4 is 23.0 Å². The number of benzene rings is 2. The molecule has 0 aliphatic rings. The summed E-state index contributed by atoms with van der Waals surface area (Å²) >= 11 is 0. The molecule has 16 heteroatoms. The molecule has 0 bridgehead atoms. The molecule has 48 heavy (non-hydrogen) atoms. The molecule has 0 saturated carbocycles. The Morgan fingerprint density at radius 3 is 1.25 bits per heavy atom. The van der Waals surface area contributed by atoms with Gasteiger partial charge >= 0.3 is 19.8 Å². The Morgan fingerprint density at radius 1 is 0.458 bits per heavy atom. The molecule has 6 aromatic rings. The van der Waals surface area contributed by atoms with E-state index in [-0.39, 0.29) is 42.7 Å². The second kappa shape index (κ2) is 21.4. The van der Waals surface area contributed by atoms with Gasteiger partial charge in [0.15, 0.2) is 11.6 Å². The van der Waals surface area contributed by atoms with E-state index < -0.39 is 10.2 Å². The van der Waals surface area contributed by atoms with Crippen LogP contribution in [0.5, 0.6) is 11.5 Å². The van der Waals surface area contributed by atoms with Gasteiger partial charge in [-0.2, -0.15) is 0 Å². The first-order valence-electron chi connectivity index (χ1n) is 13.3. The quantitative estimate of drug-likeness (QED) is 0.249. The van der Waals surface area contributed by atoms with Crippen LogP contribution in [-0.2, 0) is 19.8 Å². The van der Waals surface area contributed by atoms with Gasteiger partial charge in [-0.15, -0.1) is 30.7 Å². The van der Waals surface area contributed by atoms with Crippen molar-refractivity contribution in [1.29, 1.82) is 0 Å². The number of aromatic nitrogens is 4. The Morgan fingerprint density at radius 2 is 0.854 bits per heavy atom. The van der Waals surface area contributed by atoms with Crippen LogP contribution in [0, 0.1) is 10.2 Å². The maximum atomic E-state index is 11.4. The molecule has 0 atom stereocenters. The standard InChI is InChI=1S/2C11H9N3.C10H8N2O2.ClHO4.Os/c2*1-2-6-10(7-3-1)13-14-11-8-4-5-9-12-11;13-7-3-1-5-11-9(7)10-8(14)4-2-6-12-10;2-1(3,4)5;/h2*1-9H;1-6,13-14H;(H,2,3,4,5);/q;;;;+2/p-2. The van der Waals surface area contributed by atoms with Crippen LogP contribution in [0.15, 0.2) is 167 Å². The summed E-state index contributed by atoms with van der Waals surface area (Å²) in [6.07, 6.45) is 6.38. The van der Waals surface area contributed by atoms with Crippen LogP contribution < -0.4 is 23.7 Å². The van der Waals surface area contributed by atoms with Crippen LogP contribution in [0.1, 0.15) is 0 Å². The van der Waals surface area contributed by atoms with Crippen LogP contribution in [0.4, 0.5) is 23.0 Å². The van der Waals surface area contributed by atoms with Gasteiger partial charge in [0.2, 0.25) is 0 Å². The molecule has 6 rings (SSSR count). The van der Waals surface area contributed by atoms with Crippen molar-refractivity contribution in [2.45, 2.75) is 0 Å². The summed E-state index contributed by atoms with van der Waals surface area (Å²) in [6, 6.07) is 36.2. The van der Waals surface area contributed by atoms with Crippen molar-refractivity contribution in [2.75, 3.05) is 0 Å². The number of halogens is 1. The largest absolute Gasteiger partial charge is 2.00 e. The summed E-state index contributed by atoms with van der Waals surface area (Å²) in [7, 11) is -4.94. The second-order valence-electron chi connectivity index (χ2n) is 8.55. The molecular formula is C32H25ClN8O6Os. The number of nitrogens with zero attached hydrogens (tertiary/aromatic N) is 8. The fraction of sp³-hybridized carbons (Fsp3) is 0. The van der Waals surface area contributed by atoms with E-state index in [2.05, 4.69) is 40.4 Å². The van der Waals surface area contributed by atoms with Crippen molar-refractivity contribution in [2.24, 2.45) is 20.5 Å². The Balaban J connectivity index is 0.000000231. The summed E-state index contributed by atoms with van der Waals surface area (Å²) in [6.45, 7) is 0. The predicted octanol–water partition coefficient (Wildman–Crippen LogP) is 3.16. The van der Waals surface area contributed by atoms with Gasteiger partial charge in [0.1, 0.15) is 11.4 Å². The topological polar surface area (TPSA) is 237 Å². The third-order valence-corrected chi connectivity index (χ3v) is 5.13. The minimum Gasteiger partial charge on any atom is -0.871 e. The van der Waals surface area contributed by atoms with Crippen LogP contribution >= 0.6 is 0 Å². The minimum atomic E-state index is -4.94. The average molecular weight is 843 g/mol. The summed E-state index contributed by atoms with van der Waals surface area (Å²) in [4.78, 5) is 15.8. The van der Waals surface area contributed by atoms with E-state index in [1.165, 1.54) is 24.5 Å². The van der Waals surface area contributed by atoms with Crippen LogP contribution in [0.2, 0.25) is 0 Å². The summed E-state index contributed by atoms with van der Waals surface area (Å²) < 4.78 is 34.0. The first kappa shape index (κ1) is 38.8. The Hall–Kier alpha value is -5.39. The van der Waals surface area contributed by atoms with Gasteiger partial charge in [-0.1, -0.05) is 60.3 Å². The van der Waals surface area contributed by atoms with Gasteiger partial charge in [0.05, 0.1) is 17.1 Å². The van der Waals surface area contributed by atoms with Crippen molar-refractivity contribution in [3.05, 3.63) is 146 Å². The normalized spacial score (nSPS) is 10.3. The zero-order valence-corrected chi connectivity index (χ0v) is 28.0. The number of aromatic hydroxyl groups is 1. The van der Waals surface area contributed by atoms with Gasteiger partial charge in [-0.3, -0.25) is 9.97 Å². The van der Waals surface area contributed by atoms with E-state index >= 15 is 0 Å². The molecule has 0 spiro atoms. The fourth-order valence-corrected chi connectivity index (χ4v) is 3.18. The molecule has 4 aromatic heterocycles. The van der Waals surface area contributed by atoms with Crippen molar-refractivity contribution < 1.29 is 58.9 Å². The Labute approximate surface area is 290 Å². The zero-order chi connectivity index (χ0) is 33.7. The van der Waals surface area contributed by atoms with Crippen molar-refractivity contribution in [3.63, 3.8) is 0 Å². The average Bonchev–Trinajstić information content (AvgIpc) is 3.09. The van der Waals surface area contributed by atoms with Crippen LogP contribution in [0.3, 0.4) is 0 Å². The second-order valence-corrected chi connectivity index (χ2v) is 9.30. The first-order valence-corrected chi connectivity index (χ1v) is 14.6. The van der Waals surface area contributed by atoms with Gasteiger partial charge in [0.25, 0.3) is 0 Å². The van der Waals surface area contributed by atoms with Crippen molar-refractivity contribution in [1.82, 2.24) is 19.9 Å². The SMILES string of the molecule is [O-][Cl+3]([O-])([O-])[O-].[O-]c1cccnc1-c1ncccc1O.[Os+2].c1ccc(N=Nc2ccccn2)cc1.c1ccc(N=Nc2ccccn2)cc1. The van der Waals surface area contributed by atoms with E-state index in [9.17, 15) is 10.2 Å². The van der Waals surface area contributed by atoms with E-state index in [4.69, 9.17) is 18.6 Å². The maximum Gasteiger partial charge on any atom is 2.00 e. The fourth-order valence-electron chi connectivity index (χ4n) is 3.18. The van der Waals surface area contributed by atoms with Crippen LogP contribution in [-0.4, -0.2) is 25.0 Å². The Bertz CT molecular complexity index is 1590.